The molecule has 1 saturated heterocycles. The molecule has 0 amide bonds. The molecule has 1 aromatic rings. The Bertz CT molecular complexity index is 367. The molecule has 1 aromatic heterocycles. The summed E-state index contributed by atoms with van der Waals surface area (Å²) in [5.74, 6) is 1.48. The van der Waals surface area contributed by atoms with E-state index in [4.69, 9.17) is 9.47 Å². The number of hydrogen-bond donors (Lipinski definition) is 2. The molecule has 0 aliphatic carbocycles. The quantitative estimate of drug-likeness (QED) is 0.734. The lowest BCUT2D eigenvalue weighted by molar-refractivity contribution is 0.0329. The number of piperidine rings is 1. The average Bonchev–Trinajstić information content (AvgIpc) is 2.48. The normalized spacial score (nSPS) is 16.3. The number of rotatable bonds is 7. The van der Waals surface area contributed by atoms with E-state index >= 15 is 0 Å². The molecule has 5 nitrogen and oxygen atoms in total. The van der Waals surface area contributed by atoms with Crippen LogP contribution in [0, 0.1) is 0 Å². The summed E-state index contributed by atoms with van der Waals surface area (Å²) in [7, 11) is 1.62. The molecule has 0 atom stereocenters. The Morgan fingerprint density at radius 1 is 1.37 bits per heavy atom. The topological polar surface area (TPSA) is 55.4 Å². The van der Waals surface area contributed by atoms with Gasteiger partial charge >= 0.3 is 0 Å². The smallest absolute Gasteiger partial charge is 0.214 e. The lowest BCUT2D eigenvalue weighted by atomic mass is 10.1. The van der Waals surface area contributed by atoms with Crippen molar-refractivity contribution in [1.29, 1.82) is 0 Å². The fraction of sp³-hybridized carbons (Fsp3) is 0.643. The maximum atomic E-state index is 5.84. The van der Waals surface area contributed by atoms with E-state index in [1.54, 1.807) is 7.11 Å². The first-order valence-electron chi connectivity index (χ1n) is 6.96. The number of aromatic nitrogens is 1. The second-order valence-electron chi connectivity index (χ2n) is 4.67. The van der Waals surface area contributed by atoms with Crippen molar-refractivity contribution in [3.8, 4) is 5.88 Å². The SMILES string of the molecule is COc1cccc(NCCCOC2CCNCC2)n1. The van der Waals surface area contributed by atoms with Gasteiger partial charge in [0.25, 0.3) is 0 Å². The van der Waals surface area contributed by atoms with Gasteiger partial charge in [-0.2, -0.15) is 4.98 Å². The molecule has 0 bridgehead atoms. The van der Waals surface area contributed by atoms with Gasteiger partial charge in [0.2, 0.25) is 5.88 Å². The monoisotopic (exact) mass is 265 g/mol. The molecule has 2 rings (SSSR count). The zero-order valence-electron chi connectivity index (χ0n) is 11.5. The van der Waals surface area contributed by atoms with Crippen LogP contribution in [0.3, 0.4) is 0 Å². The third kappa shape index (κ3) is 5.04. The summed E-state index contributed by atoms with van der Waals surface area (Å²) in [4.78, 5) is 4.30. The van der Waals surface area contributed by atoms with Gasteiger partial charge in [0, 0.05) is 19.2 Å². The fourth-order valence-corrected chi connectivity index (χ4v) is 2.13. The highest BCUT2D eigenvalue weighted by Crippen LogP contribution is 2.11. The number of hydrogen-bond acceptors (Lipinski definition) is 5. The first-order chi connectivity index (χ1) is 9.38. The van der Waals surface area contributed by atoms with Gasteiger partial charge in [-0.3, -0.25) is 0 Å². The van der Waals surface area contributed by atoms with Crippen molar-refractivity contribution in [3.63, 3.8) is 0 Å². The summed E-state index contributed by atoms with van der Waals surface area (Å²) in [5, 5.41) is 6.61. The van der Waals surface area contributed by atoms with E-state index in [1.165, 1.54) is 0 Å². The summed E-state index contributed by atoms with van der Waals surface area (Å²) in [6.07, 6.45) is 3.69. The van der Waals surface area contributed by atoms with Crippen LogP contribution in [0.5, 0.6) is 5.88 Å². The van der Waals surface area contributed by atoms with Crippen LogP contribution in [0.2, 0.25) is 0 Å². The highest BCUT2D eigenvalue weighted by Gasteiger charge is 2.12. The van der Waals surface area contributed by atoms with E-state index in [2.05, 4.69) is 15.6 Å². The van der Waals surface area contributed by atoms with E-state index in [0.717, 1.165) is 51.3 Å². The van der Waals surface area contributed by atoms with Gasteiger partial charge in [-0.1, -0.05) is 6.07 Å². The van der Waals surface area contributed by atoms with Crippen LogP contribution in [0.4, 0.5) is 5.82 Å². The predicted molar refractivity (Wildman–Crippen MR) is 75.7 cm³/mol. The highest BCUT2D eigenvalue weighted by molar-refractivity contribution is 5.36. The summed E-state index contributed by atoms with van der Waals surface area (Å²) in [6.45, 7) is 3.83. The lowest BCUT2D eigenvalue weighted by Crippen LogP contribution is -2.32. The largest absolute Gasteiger partial charge is 0.481 e. The van der Waals surface area contributed by atoms with Crippen molar-refractivity contribution < 1.29 is 9.47 Å². The molecular weight excluding hydrogens is 242 g/mol. The Balaban J connectivity index is 1.58. The van der Waals surface area contributed by atoms with Crippen molar-refractivity contribution in [1.82, 2.24) is 10.3 Å². The lowest BCUT2D eigenvalue weighted by Gasteiger charge is -2.22. The molecule has 0 radical (unpaired) electrons. The maximum Gasteiger partial charge on any atom is 0.214 e. The molecule has 1 fully saturated rings. The second kappa shape index (κ2) is 7.96. The average molecular weight is 265 g/mol. The van der Waals surface area contributed by atoms with Crippen LogP contribution >= 0.6 is 0 Å². The van der Waals surface area contributed by atoms with Gasteiger partial charge < -0.3 is 20.1 Å². The molecule has 5 heteroatoms. The van der Waals surface area contributed by atoms with Crippen LogP contribution in [-0.4, -0.2) is 44.4 Å². The number of methoxy groups -OCH3 is 1. The third-order valence-corrected chi connectivity index (χ3v) is 3.20. The third-order valence-electron chi connectivity index (χ3n) is 3.20. The standard InChI is InChI=1S/C14H23N3O2/c1-18-14-5-2-4-13(17-14)16-8-3-11-19-12-6-9-15-10-7-12/h2,4-5,12,15H,3,6-11H2,1H3,(H,16,17). The Morgan fingerprint density at radius 3 is 3.00 bits per heavy atom. The van der Waals surface area contributed by atoms with Crippen LogP contribution in [0.1, 0.15) is 19.3 Å². The number of nitrogens with one attached hydrogen (secondary N) is 2. The van der Waals surface area contributed by atoms with E-state index in [0.29, 0.717) is 12.0 Å². The van der Waals surface area contributed by atoms with Crippen LogP contribution < -0.4 is 15.4 Å². The molecule has 0 saturated carbocycles. The molecule has 19 heavy (non-hydrogen) atoms. The van der Waals surface area contributed by atoms with Gasteiger partial charge in [-0.15, -0.1) is 0 Å². The first kappa shape index (κ1) is 14.1. The molecule has 0 unspecified atom stereocenters. The number of pyridine rings is 1. The minimum atomic E-state index is 0.441. The van der Waals surface area contributed by atoms with Crippen LogP contribution in [0.15, 0.2) is 18.2 Å². The molecule has 2 heterocycles. The Morgan fingerprint density at radius 2 is 2.21 bits per heavy atom. The minimum Gasteiger partial charge on any atom is -0.481 e. The Hall–Kier alpha value is -1.33. The Labute approximate surface area is 114 Å². The highest BCUT2D eigenvalue weighted by atomic mass is 16.5. The van der Waals surface area contributed by atoms with Crippen LogP contribution in [0.25, 0.3) is 0 Å². The second-order valence-corrected chi connectivity index (χ2v) is 4.67. The molecule has 2 N–H and O–H groups in total. The van der Waals surface area contributed by atoms with Gasteiger partial charge in [0.1, 0.15) is 5.82 Å². The minimum absolute atomic E-state index is 0.441. The summed E-state index contributed by atoms with van der Waals surface area (Å²) in [5.41, 5.74) is 0. The van der Waals surface area contributed by atoms with E-state index < -0.39 is 0 Å². The summed E-state index contributed by atoms with van der Waals surface area (Å²) >= 11 is 0. The number of anilines is 1. The fourth-order valence-electron chi connectivity index (χ4n) is 2.13. The van der Waals surface area contributed by atoms with E-state index in [-0.39, 0.29) is 0 Å². The van der Waals surface area contributed by atoms with Gasteiger partial charge in [0.15, 0.2) is 0 Å². The van der Waals surface area contributed by atoms with E-state index in [1.807, 2.05) is 18.2 Å². The van der Waals surface area contributed by atoms with Gasteiger partial charge in [0.05, 0.1) is 13.2 Å². The zero-order valence-corrected chi connectivity index (χ0v) is 11.5. The zero-order chi connectivity index (χ0) is 13.3. The predicted octanol–water partition coefficient (Wildman–Crippen LogP) is 1.66. The molecule has 1 aliphatic heterocycles. The van der Waals surface area contributed by atoms with Crippen molar-refractivity contribution >= 4 is 5.82 Å². The Kier molecular flexibility index (Phi) is 5.91. The van der Waals surface area contributed by atoms with Gasteiger partial charge in [-0.25, -0.2) is 0 Å². The number of ether oxygens (including phenoxy) is 2. The van der Waals surface area contributed by atoms with E-state index in [9.17, 15) is 0 Å². The van der Waals surface area contributed by atoms with Crippen molar-refractivity contribution in [2.45, 2.75) is 25.4 Å². The van der Waals surface area contributed by atoms with Crippen molar-refractivity contribution in [2.24, 2.45) is 0 Å². The maximum absolute atomic E-state index is 5.84. The molecule has 1 aliphatic rings. The molecular formula is C14H23N3O2. The van der Waals surface area contributed by atoms with Crippen LogP contribution in [-0.2, 0) is 4.74 Å². The van der Waals surface area contributed by atoms with Gasteiger partial charge in [-0.05, 0) is 38.4 Å². The molecule has 0 spiro atoms. The first-order valence-corrected chi connectivity index (χ1v) is 6.96. The number of nitrogens with zero attached hydrogens (tertiary/aromatic N) is 1. The summed E-state index contributed by atoms with van der Waals surface area (Å²) < 4.78 is 10.9. The summed E-state index contributed by atoms with van der Waals surface area (Å²) in [6, 6.07) is 5.71. The molecule has 0 aromatic carbocycles. The van der Waals surface area contributed by atoms with Crippen molar-refractivity contribution in [3.05, 3.63) is 18.2 Å². The van der Waals surface area contributed by atoms with Crippen molar-refractivity contribution in [2.75, 3.05) is 38.7 Å². The molecule has 106 valence electrons.